The number of carbonyl (C=O) groups excluding carboxylic acids is 3. The number of amides is 2. The van der Waals surface area contributed by atoms with Gasteiger partial charge in [0.25, 0.3) is 0 Å². The van der Waals surface area contributed by atoms with Crippen LogP contribution in [0.4, 0.5) is 4.79 Å². The highest BCUT2D eigenvalue weighted by Gasteiger charge is 2.29. The summed E-state index contributed by atoms with van der Waals surface area (Å²) in [6.45, 7) is 1.69. The minimum Gasteiger partial charge on any atom is -0.480 e. The van der Waals surface area contributed by atoms with E-state index in [1.54, 1.807) is 61.5 Å². The summed E-state index contributed by atoms with van der Waals surface area (Å²) in [5, 5.41) is 14.1. The van der Waals surface area contributed by atoms with Crippen molar-refractivity contribution in [2.45, 2.75) is 38.5 Å². The Morgan fingerprint density at radius 3 is 2.00 bits per heavy atom. The zero-order valence-corrected chi connectivity index (χ0v) is 17.7. The van der Waals surface area contributed by atoms with Gasteiger partial charge in [-0.2, -0.15) is 0 Å². The molecule has 0 bridgehead atoms. The lowest BCUT2D eigenvalue weighted by Gasteiger charge is -2.21. The number of carbonyl (C=O) groups is 4. The Kier molecular flexibility index (Phi) is 9.70. The van der Waals surface area contributed by atoms with Crippen molar-refractivity contribution < 1.29 is 33.8 Å². The standard InChI is InChI=1S/C23H26N2O7/c1-2-31-20(26)14-19(22(28)29)24-21(27)18(13-16-9-5-3-6-10-16)25-23(30)32-15-17-11-7-4-8-12-17/h3-12,18-19H,2,13-15H2,1H3,(H,24,27)(H,25,30)(H,28,29)/t18-,19-/m1/s1. The van der Waals surface area contributed by atoms with E-state index in [9.17, 15) is 24.3 Å². The van der Waals surface area contributed by atoms with E-state index in [-0.39, 0.29) is 19.6 Å². The van der Waals surface area contributed by atoms with Crippen molar-refractivity contribution in [3.8, 4) is 0 Å². The molecule has 0 radical (unpaired) electrons. The molecular formula is C23H26N2O7. The molecule has 9 nitrogen and oxygen atoms in total. The molecular weight excluding hydrogens is 416 g/mol. The number of carboxylic acids is 1. The van der Waals surface area contributed by atoms with E-state index >= 15 is 0 Å². The van der Waals surface area contributed by atoms with Crippen LogP contribution >= 0.6 is 0 Å². The fourth-order valence-corrected chi connectivity index (χ4v) is 2.83. The van der Waals surface area contributed by atoms with Crippen molar-refractivity contribution in [1.82, 2.24) is 10.6 Å². The van der Waals surface area contributed by atoms with Gasteiger partial charge in [0, 0.05) is 6.42 Å². The third kappa shape index (κ3) is 8.47. The predicted octanol–water partition coefficient (Wildman–Crippen LogP) is 2.05. The molecule has 0 aliphatic rings. The number of benzene rings is 2. The van der Waals surface area contributed by atoms with Crippen LogP contribution in [-0.4, -0.2) is 47.7 Å². The molecule has 0 spiro atoms. The zero-order chi connectivity index (χ0) is 23.3. The minimum absolute atomic E-state index is 0.00690. The number of esters is 1. The highest BCUT2D eigenvalue weighted by molar-refractivity contribution is 5.91. The summed E-state index contributed by atoms with van der Waals surface area (Å²) in [5.74, 6) is -2.91. The first-order valence-electron chi connectivity index (χ1n) is 10.1. The number of nitrogens with one attached hydrogen (secondary N) is 2. The predicted molar refractivity (Wildman–Crippen MR) is 115 cm³/mol. The first-order valence-corrected chi connectivity index (χ1v) is 10.1. The van der Waals surface area contributed by atoms with Crippen molar-refractivity contribution in [2.75, 3.05) is 6.61 Å². The molecule has 0 aliphatic carbocycles. The molecule has 2 rings (SSSR count). The number of hydrogen-bond donors (Lipinski definition) is 3. The van der Waals surface area contributed by atoms with Crippen LogP contribution < -0.4 is 10.6 Å². The molecule has 2 amide bonds. The van der Waals surface area contributed by atoms with Gasteiger partial charge in [-0.25, -0.2) is 9.59 Å². The normalized spacial score (nSPS) is 12.2. The maximum Gasteiger partial charge on any atom is 0.408 e. The van der Waals surface area contributed by atoms with Crippen LogP contribution in [0.15, 0.2) is 60.7 Å². The average molecular weight is 442 g/mol. The van der Waals surface area contributed by atoms with Gasteiger partial charge in [-0.1, -0.05) is 60.7 Å². The van der Waals surface area contributed by atoms with Crippen LogP contribution in [0.25, 0.3) is 0 Å². The van der Waals surface area contributed by atoms with Gasteiger partial charge >= 0.3 is 18.0 Å². The fraction of sp³-hybridized carbons (Fsp3) is 0.304. The zero-order valence-electron chi connectivity index (χ0n) is 17.7. The summed E-state index contributed by atoms with van der Waals surface area (Å²) in [5.41, 5.74) is 1.51. The fourth-order valence-electron chi connectivity index (χ4n) is 2.83. The highest BCUT2D eigenvalue weighted by Crippen LogP contribution is 2.07. The van der Waals surface area contributed by atoms with Gasteiger partial charge in [0.2, 0.25) is 5.91 Å². The summed E-state index contributed by atoms with van der Waals surface area (Å²) in [4.78, 5) is 48.3. The molecule has 0 unspecified atom stereocenters. The second-order valence-electron chi connectivity index (χ2n) is 6.86. The molecule has 0 aliphatic heterocycles. The molecule has 0 aromatic heterocycles. The Labute approximate surface area is 185 Å². The van der Waals surface area contributed by atoms with E-state index in [0.29, 0.717) is 0 Å². The Bertz CT molecular complexity index is 903. The first kappa shape index (κ1) is 24.4. The minimum atomic E-state index is -1.50. The van der Waals surface area contributed by atoms with Crippen molar-refractivity contribution in [3.05, 3.63) is 71.8 Å². The Morgan fingerprint density at radius 1 is 0.844 bits per heavy atom. The first-order chi connectivity index (χ1) is 15.4. The van der Waals surface area contributed by atoms with E-state index in [2.05, 4.69) is 10.6 Å². The van der Waals surface area contributed by atoms with Crippen LogP contribution in [-0.2, 0) is 36.9 Å². The summed E-state index contributed by atoms with van der Waals surface area (Å²) in [6, 6.07) is 15.3. The second-order valence-corrected chi connectivity index (χ2v) is 6.86. The third-order valence-electron chi connectivity index (χ3n) is 4.39. The maximum atomic E-state index is 12.8. The molecule has 3 N–H and O–H groups in total. The molecule has 0 heterocycles. The van der Waals surface area contributed by atoms with Crippen LogP contribution in [0.2, 0.25) is 0 Å². The molecule has 2 atom stereocenters. The smallest absolute Gasteiger partial charge is 0.408 e. The molecule has 2 aromatic carbocycles. The monoisotopic (exact) mass is 442 g/mol. The number of hydrogen-bond acceptors (Lipinski definition) is 6. The van der Waals surface area contributed by atoms with E-state index < -0.39 is 42.4 Å². The quantitative estimate of drug-likeness (QED) is 0.454. The highest BCUT2D eigenvalue weighted by atomic mass is 16.5. The summed E-state index contributed by atoms with van der Waals surface area (Å²) in [7, 11) is 0. The van der Waals surface area contributed by atoms with E-state index in [4.69, 9.17) is 9.47 Å². The van der Waals surface area contributed by atoms with Crippen molar-refractivity contribution in [3.63, 3.8) is 0 Å². The summed E-state index contributed by atoms with van der Waals surface area (Å²) >= 11 is 0. The van der Waals surface area contributed by atoms with Gasteiger partial charge in [-0.15, -0.1) is 0 Å². The summed E-state index contributed by atoms with van der Waals surface area (Å²) in [6.07, 6.45) is -1.27. The Hall–Kier alpha value is -3.88. The van der Waals surface area contributed by atoms with Crippen molar-refractivity contribution in [1.29, 1.82) is 0 Å². The van der Waals surface area contributed by atoms with E-state index in [0.717, 1.165) is 11.1 Å². The lowest BCUT2D eigenvalue weighted by Crippen LogP contribution is -2.53. The molecule has 0 saturated heterocycles. The van der Waals surface area contributed by atoms with Gasteiger partial charge in [-0.3, -0.25) is 9.59 Å². The molecule has 0 fully saturated rings. The Balaban J connectivity index is 2.06. The number of ether oxygens (including phenoxy) is 2. The lowest BCUT2D eigenvalue weighted by atomic mass is 10.0. The topological polar surface area (TPSA) is 131 Å². The van der Waals surface area contributed by atoms with Gasteiger partial charge in [0.15, 0.2) is 0 Å². The molecule has 9 heteroatoms. The molecule has 170 valence electrons. The SMILES string of the molecule is CCOC(=O)C[C@@H](NC(=O)[C@@H](Cc1ccccc1)NC(=O)OCc1ccccc1)C(=O)O. The van der Waals surface area contributed by atoms with Crippen LogP contribution in [0, 0.1) is 0 Å². The van der Waals surface area contributed by atoms with Crippen LogP contribution in [0.1, 0.15) is 24.5 Å². The van der Waals surface area contributed by atoms with Crippen LogP contribution in [0.3, 0.4) is 0 Å². The van der Waals surface area contributed by atoms with Crippen molar-refractivity contribution in [2.24, 2.45) is 0 Å². The second kappa shape index (κ2) is 12.7. The Morgan fingerprint density at radius 2 is 1.44 bits per heavy atom. The number of carboxylic acid groups (broad SMARTS) is 1. The van der Waals surface area contributed by atoms with Crippen LogP contribution in [0.5, 0.6) is 0 Å². The van der Waals surface area contributed by atoms with Gasteiger partial charge < -0.3 is 25.2 Å². The largest absolute Gasteiger partial charge is 0.480 e. The van der Waals surface area contributed by atoms with E-state index in [1.165, 1.54) is 0 Å². The molecule has 2 aromatic rings. The molecule has 32 heavy (non-hydrogen) atoms. The van der Waals surface area contributed by atoms with Gasteiger partial charge in [0.1, 0.15) is 18.7 Å². The maximum absolute atomic E-state index is 12.8. The molecule has 0 saturated carbocycles. The number of rotatable bonds is 11. The average Bonchev–Trinajstić information content (AvgIpc) is 2.78. The van der Waals surface area contributed by atoms with Gasteiger partial charge in [-0.05, 0) is 18.1 Å². The van der Waals surface area contributed by atoms with E-state index in [1.807, 2.05) is 6.07 Å². The number of alkyl carbamates (subject to hydrolysis) is 1. The number of aliphatic carboxylic acids is 1. The third-order valence-corrected chi connectivity index (χ3v) is 4.39. The van der Waals surface area contributed by atoms with Gasteiger partial charge in [0.05, 0.1) is 13.0 Å². The van der Waals surface area contributed by atoms with Crippen molar-refractivity contribution >= 4 is 23.9 Å². The summed E-state index contributed by atoms with van der Waals surface area (Å²) < 4.78 is 9.93. The lowest BCUT2D eigenvalue weighted by molar-refractivity contribution is -0.150.